The van der Waals surface area contributed by atoms with E-state index < -0.39 is 6.10 Å². The Morgan fingerprint density at radius 1 is 0.793 bits per heavy atom. The quantitative estimate of drug-likeness (QED) is 0.592. The number of aliphatic hydroxyl groups excluding tert-OH is 1. The summed E-state index contributed by atoms with van der Waals surface area (Å²) in [5.74, 6) is -0.404. The summed E-state index contributed by atoms with van der Waals surface area (Å²) in [6, 6.07) is 19.0. The number of benzene rings is 3. The monoisotopic (exact) mass is 393 g/mol. The number of hydrogen-bond acceptors (Lipinski definition) is 2. The fourth-order valence-electron chi connectivity index (χ4n) is 4.13. The molecule has 0 fully saturated rings. The Balaban J connectivity index is 1.75. The molecule has 29 heavy (non-hydrogen) atoms. The normalized spacial score (nSPS) is 14.5. The van der Waals surface area contributed by atoms with E-state index in [1.54, 1.807) is 24.3 Å². The first-order valence-electron chi connectivity index (χ1n) is 10.0. The smallest absolute Gasteiger partial charge is 0.123 e. The molecule has 0 aliphatic carbocycles. The predicted molar refractivity (Wildman–Crippen MR) is 112 cm³/mol. The summed E-state index contributed by atoms with van der Waals surface area (Å²) in [6.45, 7) is 4.81. The van der Waals surface area contributed by atoms with Crippen molar-refractivity contribution in [2.24, 2.45) is 5.92 Å². The third kappa shape index (κ3) is 3.90. The van der Waals surface area contributed by atoms with Crippen molar-refractivity contribution in [2.45, 2.75) is 32.4 Å². The van der Waals surface area contributed by atoms with Gasteiger partial charge in [0.1, 0.15) is 11.6 Å². The SMILES string of the molecule is CC(C)C(O)c1ccc2c(c1)CCN2C(c1ccc(F)cc1)c1ccc(F)cc1. The summed E-state index contributed by atoms with van der Waals surface area (Å²) in [5.41, 5.74) is 5.13. The van der Waals surface area contributed by atoms with E-state index >= 15 is 0 Å². The first-order chi connectivity index (χ1) is 13.9. The Morgan fingerprint density at radius 3 is 1.83 bits per heavy atom. The summed E-state index contributed by atoms with van der Waals surface area (Å²) in [7, 11) is 0. The molecular formula is C25H25F2NO. The molecule has 0 bridgehead atoms. The molecule has 0 aromatic heterocycles. The van der Waals surface area contributed by atoms with Crippen molar-refractivity contribution in [2.75, 3.05) is 11.4 Å². The summed E-state index contributed by atoms with van der Waals surface area (Å²) < 4.78 is 27.0. The van der Waals surface area contributed by atoms with E-state index in [1.807, 2.05) is 19.9 Å². The zero-order valence-electron chi connectivity index (χ0n) is 16.6. The predicted octanol–water partition coefficient (Wildman–Crippen LogP) is 5.81. The van der Waals surface area contributed by atoms with Gasteiger partial charge in [-0.1, -0.05) is 50.2 Å². The van der Waals surface area contributed by atoms with Gasteiger partial charge in [0, 0.05) is 12.2 Å². The minimum atomic E-state index is -0.487. The summed E-state index contributed by atoms with van der Waals surface area (Å²) in [6.07, 6.45) is 0.381. The Morgan fingerprint density at radius 2 is 1.31 bits per heavy atom. The molecule has 1 heterocycles. The fraction of sp³-hybridized carbons (Fsp3) is 0.280. The Hall–Kier alpha value is -2.72. The number of anilines is 1. The van der Waals surface area contributed by atoms with E-state index in [-0.39, 0.29) is 23.6 Å². The van der Waals surface area contributed by atoms with Crippen molar-refractivity contribution in [3.63, 3.8) is 0 Å². The highest BCUT2D eigenvalue weighted by atomic mass is 19.1. The maximum atomic E-state index is 13.5. The van der Waals surface area contributed by atoms with Crippen LogP contribution in [-0.4, -0.2) is 11.7 Å². The molecule has 3 aromatic carbocycles. The Labute approximate surface area is 170 Å². The van der Waals surface area contributed by atoms with Crippen LogP contribution in [0.3, 0.4) is 0 Å². The van der Waals surface area contributed by atoms with Crippen LogP contribution in [0.15, 0.2) is 66.7 Å². The standard InChI is InChI=1S/C25H25F2NO/c1-16(2)25(29)20-7-12-23-19(15-20)13-14-28(23)24(17-3-8-21(26)9-4-17)18-5-10-22(27)11-6-18/h3-12,15-16,24-25,29H,13-14H2,1-2H3. The topological polar surface area (TPSA) is 23.5 Å². The van der Waals surface area contributed by atoms with Crippen molar-refractivity contribution >= 4 is 5.69 Å². The lowest BCUT2D eigenvalue weighted by molar-refractivity contribution is 0.127. The molecule has 3 aromatic rings. The van der Waals surface area contributed by atoms with Gasteiger partial charge in [0.2, 0.25) is 0 Å². The maximum absolute atomic E-state index is 13.5. The second-order valence-corrected chi connectivity index (χ2v) is 8.03. The van der Waals surface area contributed by atoms with E-state index in [9.17, 15) is 13.9 Å². The van der Waals surface area contributed by atoms with Crippen LogP contribution >= 0.6 is 0 Å². The molecule has 0 saturated carbocycles. The molecule has 150 valence electrons. The first kappa shape index (κ1) is 19.6. The van der Waals surface area contributed by atoms with Crippen LogP contribution in [-0.2, 0) is 6.42 Å². The minimum Gasteiger partial charge on any atom is -0.388 e. The third-order valence-electron chi connectivity index (χ3n) is 5.69. The molecule has 1 aliphatic heterocycles. The number of aliphatic hydroxyl groups is 1. The van der Waals surface area contributed by atoms with E-state index in [4.69, 9.17) is 0 Å². The van der Waals surface area contributed by atoms with Crippen LogP contribution in [0.2, 0.25) is 0 Å². The number of hydrogen-bond donors (Lipinski definition) is 1. The molecule has 4 heteroatoms. The zero-order valence-corrected chi connectivity index (χ0v) is 16.6. The molecule has 1 N–H and O–H groups in total. The number of nitrogens with zero attached hydrogens (tertiary/aromatic N) is 1. The number of halogens is 2. The summed E-state index contributed by atoms with van der Waals surface area (Å²) in [5, 5.41) is 10.4. The van der Waals surface area contributed by atoms with E-state index in [0.717, 1.165) is 35.3 Å². The van der Waals surface area contributed by atoms with Gasteiger partial charge in [-0.2, -0.15) is 0 Å². The van der Waals surface area contributed by atoms with Gasteiger partial charge in [-0.3, -0.25) is 0 Å². The molecule has 0 spiro atoms. The van der Waals surface area contributed by atoms with Gasteiger partial charge in [0.25, 0.3) is 0 Å². The largest absolute Gasteiger partial charge is 0.388 e. The lowest BCUT2D eigenvalue weighted by Gasteiger charge is -2.31. The molecule has 4 rings (SSSR count). The molecule has 0 amide bonds. The van der Waals surface area contributed by atoms with Gasteiger partial charge in [0.15, 0.2) is 0 Å². The maximum Gasteiger partial charge on any atom is 0.123 e. The Kier molecular flexibility index (Phi) is 5.37. The summed E-state index contributed by atoms with van der Waals surface area (Å²) in [4.78, 5) is 2.28. The van der Waals surface area contributed by atoms with Crippen molar-refractivity contribution in [3.05, 3.63) is 101 Å². The van der Waals surface area contributed by atoms with E-state index in [0.29, 0.717) is 0 Å². The van der Waals surface area contributed by atoms with Gasteiger partial charge >= 0.3 is 0 Å². The van der Waals surface area contributed by atoms with Gasteiger partial charge in [-0.25, -0.2) is 8.78 Å². The van der Waals surface area contributed by atoms with Crippen LogP contribution in [0.1, 0.15) is 48.2 Å². The Bertz CT molecular complexity index is 937. The third-order valence-corrected chi connectivity index (χ3v) is 5.69. The van der Waals surface area contributed by atoms with Crippen LogP contribution < -0.4 is 4.90 Å². The van der Waals surface area contributed by atoms with Crippen molar-refractivity contribution in [1.82, 2.24) is 0 Å². The molecule has 1 aliphatic rings. The molecule has 1 atom stereocenters. The number of fused-ring (bicyclic) bond motifs is 1. The van der Waals surface area contributed by atoms with Crippen LogP contribution in [0.4, 0.5) is 14.5 Å². The summed E-state index contributed by atoms with van der Waals surface area (Å²) >= 11 is 0. The average molecular weight is 393 g/mol. The van der Waals surface area contributed by atoms with Crippen LogP contribution in [0.25, 0.3) is 0 Å². The molecule has 0 radical (unpaired) electrons. The zero-order chi connectivity index (χ0) is 20.5. The van der Waals surface area contributed by atoms with E-state index in [1.165, 1.54) is 29.8 Å². The first-order valence-corrected chi connectivity index (χ1v) is 10.0. The lowest BCUT2D eigenvalue weighted by Crippen LogP contribution is -2.27. The highest BCUT2D eigenvalue weighted by molar-refractivity contribution is 5.62. The van der Waals surface area contributed by atoms with Gasteiger partial charge < -0.3 is 10.0 Å². The van der Waals surface area contributed by atoms with Gasteiger partial charge in [-0.05, 0) is 64.9 Å². The fourth-order valence-corrected chi connectivity index (χ4v) is 4.13. The molecule has 1 unspecified atom stereocenters. The highest BCUT2D eigenvalue weighted by Crippen LogP contribution is 2.40. The lowest BCUT2D eigenvalue weighted by atomic mass is 9.95. The van der Waals surface area contributed by atoms with Crippen molar-refractivity contribution in [1.29, 1.82) is 0 Å². The van der Waals surface area contributed by atoms with Crippen LogP contribution in [0, 0.1) is 17.6 Å². The second kappa shape index (κ2) is 7.96. The van der Waals surface area contributed by atoms with Gasteiger partial charge in [-0.15, -0.1) is 0 Å². The molecule has 2 nitrogen and oxygen atoms in total. The second-order valence-electron chi connectivity index (χ2n) is 8.03. The van der Waals surface area contributed by atoms with Gasteiger partial charge in [0.05, 0.1) is 12.1 Å². The minimum absolute atomic E-state index is 0.140. The molecule has 0 saturated heterocycles. The van der Waals surface area contributed by atoms with Crippen LogP contribution in [0.5, 0.6) is 0 Å². The highest BCUT2D eigenvalue weighted by Gasteiger charge is 2.29. The van der Waals surface area contributed by atoms with E-state index in [2.05, 4.69) is 17.0 Å². The molecular weight excluding hydrogens is 368 g/mol. The number of rotatable bonds is 5. The van der Waals surface area contributed by atoms with Crippen molar-refractivity contribution in [3.8, 4) is 0 Å². The van der Waals surface area contributed by atoms with Crippen molar-refractivity contribution < 1.29 is 13.9 Å². The average Bonchev–Trinajstić information content (AvgIpc) is 3.13.